The number of methoxy groups -OCH3 is 1. The number of aromatic carboxylic acids is 1. The van der Waals surface area contributed by atoms with Crippen molar-refractivity contribution in [2.45, 2.75) is 13.0 Å². The number of carbonyl (C=O) groups is 1. The summed E-state index contributed by atoms with van der Waals surface area (Å²) in [6.07, 6.45) is 2.24. The van der Waals surface area contributed by atoms with E-state index < -0.39 is 5.97 Å². The van der Waals surface area contributed by atoms with Crippen LogP contribution in [0.25, 0.3) is 0 Å². The fourth-order valence-electron chi connectivity index (χ4n) is 1.54. The molecule has 0 spiro atoms. The second kappa shape index (κ2) is 5.70. The maximum Gasteiger partial charge on any atom is 0.347 e. The van der Waals surface area contributed by atoms with Crippen LogP contribution in [0.5, 0.6) is 0 Å². The molecule has 0 radical (unpaired) electrons. The normalized spacial score (nSPS) is 10.5. The molecule has 0 aromatic carbocycles. The van der Waals surface area contributed by atoms with E-state index in [0.717, 1.165) is 10.7 Å². The average molecular weight is 264 g/mol. The third-order valence-electron chi connectivity index (χ3n) is 2.28. The molecule has 94 valence electrons. The zero-order valence-corrected chi connectivity index (χ0v) is 10.6. The fraction of sp³-hybridized carbons (Fsp3) is 0.250. The summed E-state index contributed by atoms with van der Waals surface area (Å²) in [5.74, 6) is -0.966. The van der Waals surface area contributed by atoms with Crippen molar-refractivity contribution in [3.05, 3.63) is 45.7 Å². The fourth-order valence-corrected chi connectivity index (χ4v) is 2.46. The molecule has 0 aliphatic heterocycles. The van der Waals surface area contributed by atoms with Crippen molar-refractivity contribution in [3.8, 4) is 0 Å². The van der Waals surface area contributed by atoms with Gasteiger partial charge >= 0.3 is 5.97 Å². The lowest BCUT2D eigenvalue weighted by atomic mass is 10.3. The third kappa shape index (κ3) is 2.91. The van der Waals surface area contributed by atoms with Crippen LogP contribution >= 0.6 is 11.3 Å². The average Bonchev–Trinajstić information content (AvgIpc) is 2.74. The molecule has 1 N–H and O–H groups in total. The Kier molecular flexibility index (Phi) is 4.01. The van der Waals surface area contributed by atoms with Crippen molar-refractivity contribution < 1.29 is 14.6 Å². The maximum absolute atomic E-state index is 11.1. The van der Waals surface area contributed by atoms with E-state index in [9.17, 15) is 4.79 Å². The first-order valence-corrected chi connectivity index (χ1v) is 6.13. The van der Waals surface area contributed by atoms with Crippen LogP contribution in [0.15, 0.2) is 24.4 Å². The quantitative estimate of drug-likeness (QED) is 0.893. The monoisotopic (exact) mass is 264 g/mol. The number of thiazole rings is 1. The van der Waals surface area contributed by atoms with Gasteiger partial charge in [-0.3, -0.25) is 4.98 Å². The highest BCUT2D eigenvalue weighted by Gasteiger charge is 2.17. The van der Waals surface area contributed by atoms with Gasteiger partial charge in [0.15, 0.2) is 0 Å². The summed E-state index contributed by atoms with van der Waals surface area (Å²) in [4.78, 5) is 19.8. The molecule has 2 rings (SSSR count). The first kappa shape index (κ1) is 12.7. The molecule has 0 atom stereocenters. The topological polar surface area (TPSA) is 72.3 Å². The predicted octanol–water partition coefficient (Wildman–Crippen LogP) is 1.97. The lowest BCUT2D eigenvalue weighted by Gasteiger charge is -1.95. The van der Waals surface area contributed by atoms with Crippen molar-refractivity contribution in [2.75, 3.05) is 7.11 Å². The van der Waals surface area contributed by atoms with Gasteiger partial charge in [-0.25, -0.2) is 9.78 Å². The zero-order valence-electron chi connectivity index (χ0n) is 9.79. The molecule has 0 unspecified atom stereocenters. The van der Waals surface area contributed by atoms with E-state index in [1.165, 1.54) is 18.4 Å². The Labute approximate surface area is 108 Å². The van der Waals surface area contributed by atoms with Gasteiger partial charge in [-0.05, 0) is 12.1 Å². The Balaban J connectivity index is 2.24. The summed E-state index contributed by atoms with van der Waals surface area (Å²) in [6, 6.07) is 5.62. The molecule has 2 aromatic rings. The Morgan fingerprint density at radius 2 is 2.33 bits per heavy atom. The number of aromatic nitrogens is 2. The molecule has 0 saturated carbocycles. The van der Waals surface area contributed by atoms with E-state index in [4.69, 9.17) is 9.84 Å². The van der Waals surface area contributed by atoms with E-state index in [0.29, 0.717) is 12.1 Å². The number of hydrogen-bond donors (Lipinski definition) is 1. The van der Waals surface area contributed by atoms with Crippen molar-refractivity contribution in [1.29, 1.82) is 0 Å². The van der Waals surface area contributed by atoms with Gasteiger partial charge in [-0.15, -0.1) is 11.3 Å². The summed E-state index contributed by atoms with van der Waals surface area (Å²) >= 11 is 1.17. The van der Waals surface area contributed by atoms with Gasteiger partial charge in [0, 0.05) is 25.4 Å². The second-order valence-electron chi connectivity index (χ2n) is 3.62. The van der Waals surface area contributed by atoms with Crippen molar-refractivity contribution in [2.24, 2.45) is 0 Å². The minimum absolute atomic E-state index is 0.209. The number of rotatable bonds is 5. The van der Waals surface area contributed by atoms with Crippen molar-refractivity contribution in [3.63, 3.8) is 0 Å². The minimum atomic E-state index is -0.966. The summed E-state index contributed by atoms with van der Waals surface area (Å²) in [7, 11) is 1.52. The first-order valence-electron chi connectivity index (χ1n) is 5.31. The van der Waals surface area contributed by atoms with Crippen LogP contribution in [0, 0.1) is 0 Å². The molecular formula is C12H12N2O3S. The van der Waals surface area contributed by atoms with Crippen LogP contribution in [-0.4, -0.2) is 28.2 Å². The predicted molar refractivity (Wildman–Crippen MR) is 66.8 cm³/mol. The van der Waals surface area contributed by atoms with Crippen LogP contribution in [0.2, 0.25) is 0 Å². The van der Waals surface area contributed by atoms with Gasteiger partial charge in [-0.1, -0.05) is 6.07 Å². The van der Waals surface area contributed by atoms with E-state index in [-0.39, 0.29) is 11.5 Å². The number of carboxylic acids is 1. The lowest BCUT2D eigenvalue weighted by Crippen LogP contribution is -1.99. The molecule has 0 saturated heterocycles. The smallest absolute Gasteiger partial charge is 0.347 e. The third-order valence-corrected chi connectivity index (χ3v) is 3.36. The largest absolute Gasteiger partial charge is 0.477 e. The molecule has 2 aromatic heterocycles. The lowest BCUT2D eigenvalue weighted by molar-refractivity contribution is 0.0697. The molecular weight excluding hydrogens is 252 g/mol. The van der Waals surface area contributed by atoms with Crippen LogP contribution in [0.1, 0.15) is 26.1 Å². The summed E-state index contributed by atoms with van der Waals surface area (Å²) in [6.45, 7) is 0.209. The first-order chi connectivity index (χ1) is 8.70. The molecule has 0 fully saturated rings. The van der Waals surface area contributed by atoms with Gasteiger partial charge in [0.1, 0.15) is 4.88 Å². The molecule has 0 bridgehead atoms. The van der Waals surface area contributed by atoms with Crippen molar-refractivity contribution in [1.82, 2.24) is 9.97 Å². The second-order valence-corrected chi connectivity index (χ2v) is 4.70. The molecule has 5 nitrogen and oxygen atoms in total. The standard InChI is InChI=1S/C12H12N2O3S/c1-17-7-9-11(12(15)16)18-10(14-9)6-8-4-2-3-5-13-8/h2-5H,6-7H2,1H3,(H,15,16). The Morgan fingerprint density at radius 1 is 1.50 bits per heavy atom. The highest BCUT2D eigenvalue weighted by molar-refractivity contribution is 7.13. The minimum Gasteiger partial charge on any atom is -0.477 e. The van der Waals surface area contributed by atoms with Gasteiger partial charge in [0.25, 0.3) is 0 Å². The van der Waals surface area contributed by atoms with Crippen molar-refractivity contribution >= 4 is 17.3 Å². The summed E-state index contributed by atoms with van der Waals surface area (Å²) < 4.78 is 4.95. The number of carboxylic acid groups (broad SMARTS) is 1. The van der Waals surface area contributed by atoms with Gasteiger partial charge in [0.2, 0.25) is 0 Å². The Bertz CT molecular complexity index is 540. The zero-order chi connectivity index (χ0) is 13.0. The number of hydrogen-bond acceptors (Lipinski definition) is 5. The van der Waals surface area contributed by atoms with Crippen LogP contribution in [-0.2, 0) is 17.8 Å². The summed E-state index contributed by atoms with van der Waals surface area (Å²) in [5, 5.41) is 9.81. The number of ether oxygens (including phenoxy) is 1. The highest BCUT2D eigenvalue weighted by Crippen LogP contribution is 2.21. The Hall–Kier alpha value is -1.79. The summed E-state index contributed by atoms with van der Waals surface area (Å²) in [5.41, 5.74) is 1.34. The molecule has 0 amide bonds. The molecule has 2 heterocycles. The number of nitrogens with zero attached hydrogens (tertiary/aromatic N) is 2. The Morgan fingerprint density at radius 3 is 2.94 bits per heavy atom. The molecule has 0 aliphatic carbocycles. The molecule has 18 heavy (non-hydrogen) atoms. The van der Waals surface area contributed by atoms with E-state index in [1.54, 1.807) is 6.20 Å². The van der Waals surface area contributed by atoms with Gasteiger partial charge in [0.05, 0.1) is 17.3 Å². The highest BCUT2D eigenvalue weighted by atomic mass is 32.1. The van der Waals surface area contributed by atoms with Crippen LogP contribution in [0.4, 0.5) is 0 Å². The number of pyridine rings is 1. The maximum atomic E-state index is 11.1. The SMILES string of the molecule is COCc1nc(Cc2ccccn2)sc1C(=O)O. The molecule has 0 aliphatic rings. The van der Waals surface area contributed by atoms with E-state index >= 15 is 0 Å². The van der Waals surface area contributed by atoms with E-state index in [2.05, 4.69) is 9.97 Å². The van der Waals surface area contributed by atoms with Crippen LogP contribution < -0.4 is 0 Å². The van der Waals surface area contributed by atoms with E-state index in [1.807, 2.05) is 18.2 Å². The molecule has 6 heteroatoms. The van der Waals surface area contributed by atoms with Crippen LogP contribution in [0.3, 0.4) is 0 Å². The van der Waals surface area contributed by atoms with Gasteiger partial charge < -0.3 is 9.84 Å². The van der Waals surface area contributed by atoms with Gasteiger partial charge in [-0.2, -0.15) is 0 Å².